The highest BCUT2D eigenvalue weighted by atomic mass is 16.4. The van der Waals surface area contributed by atoms with Gasteiger partial charge in [-0.3, -0.25) is 4.79 Å². The number of hydrogen-bond donors (Lipinski definition) is 2. The zero-order valence-electron chi connectivity index (χ0n) is 9.49. The van der Waals surface area contributed by atoms with E-state index in [1.165, 1.54) is 24.1 Å². The molecule has 0 saturated heterocycles. The van der Waals surface area contributed by atoms with Crippen molar-refractivity contribution in [2.24, 2.45) is 0 Å². The molecule has 2 N–H and O–H groups in total. The van der Waals surface area contributed by atoms with Gasteiger partial charge in [-0.15, -0.1) is 0 Å². The van der Waals surface area contributed by atoms with Crippen LogP contribution in [0.25, 0.3) is 0 Å². The third-order valence-electron chi connectivity index (χ3n) is 2.86. The highest BCUT2D eigenvalue weighted by molar-refractivity contribution is 5.67. The minimum Gasteiger partial charge on any atom is -0.481 e. The second kappa shape index (κ2) is 4.56. The van der Waals surface area contributed by atoms with Crippen LogP contribution in [0.3, 0.4) is 0 Å². The fourth-order valence-electron chi connectivity index (χ4n) is 1.74. The van der Waals surface area contributed by atoms with Crippen LogP contribution in [0.5, 0.6) is 0 Å². The number of aliphatic carboxylic acids is 1. The molecule has 2 rings (SSSR count). The van der Waals surface area contributed by atoms with Crippen molar-refractivity contribution in [3.8, 4) is 0 Å². The molecule has 0 aliphatic heterocycles. The quantitative estimate of drug-likeness (QED) is 0.800. The largest absolute Gasteiger partial charge is 0.481 e. The topological polar surface area (TPSA) is 49.3 Å². The van der Waals surface area contributed by atoms with E-state index in [0.717, 1.165) is 5.56 Å². The van der Waals surface area contributed by atoms with Gasteiger partial charge in [0.15, 0.2) is 0 Å². The van der Waals surface area contributed by atoms with Crippen molar-refractivity contribution in [1.29, 1.82) is 0 Å². The first-order valence-electron chi connectivity index (χ1n) is 5.73. The molecule has 0 heterocycles. The number of nitrogens with one attached hydrogen (secondary N) is 1. The predicted molar refractivity (Wildman–Crippen MR) is 63.8 cm³/mol. The summed E-state index contributed by atoms with van der Waals surface area (Å²) in [5.41, 5.74) is 3.48. The van der Waals surface area contributed by atoms with Crippen molar-refractivity contribution >= 4 is 11.7 Å². The molecule has 0 amide bonds. The van der Waals surface area contributed by atoms with Gasteiger partial charge in [-0.05, 0) is 43.4 Å². The highest BCUT2D eigenvalue weighted by Gasteiger charge is 2.21. The highest BCUT2D eigenvalue weighted by Crippen LogP contribution is 2.27. The fraction of sp³-hybridized carbons (Fsp3) is 0.462. The average Bonchev–Trinajstić information content (AvgIpc) is 3.02. The van der Waals surface area contributed by atoms with Gasteiger partial charge in [0.2, 0.25) is 0 Å². The summed E-state index contributed by atoms with van der Waals surface area (Å²) in [5, 5.41) is 12.1. The molecule has 86 valence electrons. The van der Waals surface area contributed by atoms with Gasteiger partial charge in [0.1, 0.15) is 0 Å². The number of carbonyl (C=O) groups is 1. The Morgan fingerprint density at radius 2 is 2.25 bits per heavy atom. The third-order valence-corrected chi connectivity index (χ3v) is 2.86. The van der Waals surface area contributed by atoms with Crippen LogP contribution >= 0.6 is 0 Å². The first-order valence-corrected chi connectivity index (χ1v) is 5.73. The van der Waals surface area contributed by atoms with E-state index in [1.807, 2.05) is 6.07 Å². The zero-order valence-corrected chi connectivity index (χ0v) is 9.49. The van der Waals surface area contributed by atoms with Crippen LogP contribution in [0.1, 0.15) is 30.4 Å². The van der Waals surface area contributed by atoms with Gasteiger partial charge < -0.3 is 10.4 Å². The summed E-state index contributed by atoms with van der Waals surface area (Å²) < 4.78 is 0. The molecule has 0 atom stereocenters. The van der Waals surface area contributed by atoms with Gasteiger partial charge in [-0.2, -0.15) is 0 Å². The molecule has 1 saturated carbocycles. The summed E-state index contributed by atoms with van der Waals surface area (Å²) in [6, 6.07) is 6.81. The predicted octanol–water partition coefficient (Wildman–Crippen LogP) is 2.59. The lowest BCUT2D eigenvalue weighted by atomic mass is 10.1. The summed E-state index contributed by atoms with van der Waals surface area (Å²) in [4.78, 5) is 10.5. The smallest absolute Gasteiger partial charge is 0.303 e. The van der Waals surface area contributed by atoms with Crippen LogP contribution in [-0.4, -0.2) is 17.1 Å². The van der Waals surface area contributed by atoms with Crippen LogP contribution in [0.2, 0.25) is 0 Å². The van der Waals surface area contributed by atoms with E-state index in [-0.39, 0.29) is 6.42 Å². The van der Waals surface area contributed by atoms with Crippen LogP contribution in [0.4, 0.5) is 5.69 Å². The van der Waals surface area contributed by atoms with E-state index in [0.29, 0.717) is 12.5 Å². The van der Waals surface area contributed by atoms with Gasteiger partial charge in [0.05, 0.1) is 0 Å². The number of hydrogen-bond acceptors (Lipinski definition) is 2. The molecule has 0 spiro atoms. The monoisotopic (exact) mass is 219 g/mol. The van der Waals surface area contributed by atoms with Crippen molar-refractivity contribution < 1.29 is 9.90 Å². The van der Waals surface area contributed by atoms with Crippen LogP contribution in [-0.2, 0) is 11.2 Å². The molecular formula is C13H17NO2. The van der Waals surface area contributed by atoms with E-state index in [1.54, 1.807) is 0 Å². The Kier molecular flexibility index (Phi) is 3.13. The first-order chi connectivity index (χ1) is 7.65. The SMILES string of the molecule is Cc1cc(CCC(=O)O)ccc1NC1CC1. The molecule has 0 unspecified atom stereocenters. The Labute approximate surface area is 95.5 Å². The molecule has 1 aromatic carbocycles. The Bertz CT molecular complexity index is 397. The van der Waals surface area contributed by atoms with Crippen LogP contribution in [0, 0.1) is 6.92 Å². The molecule has 0 aromatic heterocycles. The van der Waals surface area contributed by atoms with E-state index in [9.17, 15) is 4.79 Å². The Morgan fingerprint density at radius 1 is 1.50 bits per heavy atom. The fourth-order valence-corrected chi connectivity index (χ4v) is 1.74. The summed E-state index contributed by atoms with van der Waals surface area (Å²) in [5.74, 6) is -0.738. The maximum atomic E-state index is 10.5. The molecular weight excluding hydrogens is 202 g/mol. The third kappa shape index (κ3) is 2.99. The summed E-state index contributed by atoms with van der Waals surface area (Å²) in [7, 11) is 0. The Morgan fingerprint density at radius 3 is 2.81 bits per heavy atom. The van der Waals surface area contributed by atoms with Gasteiger partial charge in [0.25, 0.3) is 0 Å². The van der Waals surface area contributed by atoms with E-state index in [2.05, 4.69) is 24.4 Å². The minimum atomic E-state index is -0.738. The van der Waals surface area contributed by atoms with Gasteiger partial charge in [-0.1, -0.05) is 12.1 Å². The standard InChI is InChI=1S/C13H17NO2/c1-9-8-10(3-7-13(15)16)2-6-12(9)14-11-4-5-11/h2,6,8,11,14H,3-5,7H2,1H3,(H,15,16). The summed E-state index contributed by atoms with van der Waals surface area (Å²) in [6.07, 6.45) is 3.34. The van der Waals surface area contributed by atoms with E-state index >= 15 is 0 Å². The molecule has 1 aliphatic carbocycles. The molecule has 1 aliphatic rings. The number of anilines is 1. The number of aryl methyl sites for hydroxylation is 2. The molecule has 1 aromatic rings. The van der Waals surface area contributed by atoms with Crippen molar-refractivity contribution in [2.45, 2.75) is 38.6 Å². The molecule has 16 heavy (non-hydrogen) atoms. The second-order valence-corrected chi connectivity index (χ2v) is 4.46. The van der Waals surface area contributed by atoms with Crippen molar-refractivity contribution in [2.75, 3.05) is 5.32 Å². The molecule has 0 bridgehead atoms. The number of carboxylic acids is 1. The minimum absolute atomic E-state index is 0.203. The van der Waals surface area contributed by atoms with Crippen molar-refractivity contribution in [3.63, 3.8) is 0 Å². The van der Waals surface area contributed by atoms with Crippen molar-refractivity contribution in [1.82, 2.24) is 0 Å². The summed E-state index contributed by atoms with van der Waals surface area (Å²) in [6.45, 7) is 2.06. The van der Waals surface area contributed by atoms with Crippen LogP contribution in [0.15, 0.2) is 18.2 Å². The van der Waals surface area contributed by atoms with Crippen LogP contribution < -0.4 is 5.32 Å². The molecule has 3 nitrogen and oxygen atoms in total. The number of rotatable bonds is 5. The van der Waals surface area contributed by atoms with Gasteiger partial charge in [0, 0.05) is 18.2 Å². The van der Waals surface area contributed by atoms with E-state index in [4.69, 9.17) is 5.11 Å². The summed E-state index contributed by atoms with van der Waals surface area (Å²) >= 11 is 0. The maximum absolute atomic E-state index is 10.5. The lowest BCUT2D eigenvalue weighted by Crippen LogP contribution is -2.03. The first kappa shape index (κ1) is 11.0. The normalized spacial score (nSPS) is 14.8. The molecule has 0 radical (unpaired) electrons. The lowest BCUT2D eigenvalue weighted by Gasteiger charge is -2.09. The molecule has 3 heteroatoms. The number of benzene rings is 1. The van der Waals surface area contributed by atoms with Crippen molar-refractivity contribution in [3.05, 3.63) is 29.3 Å². The Balaban J connectivity index is 2.00. The lowest BCUT2D eigenvalue weighted by molar-refractivity contribution is -0.136. The van der Waals surface area contributed by atoms with Gasteiger partial charge >= 0.3 is 5.97 Å². The number of carboxylic acid groups (broad SMARTS) is 1. The zero-order chi connectivity index (χ0) is 11.5. The Hall–Kier alpha value is -1.51. The average molecular weight is 219 g/mol. The second-order valence-electron chi connectivity index (χ2n) is 4.46. The maximum Gasteiger partial charge on any atom is 0.303 e. The molecule has 1 fully saturated rings. The van der Waals surface area contributed by atoms with E-state index < -0.39 is 5.97 Å². The van der Waals surface area contributed by atoms with Gasteiger partial charge in [-0.25, -0.2) is 0 Å².